The van der Waals surface area contributed by atoms with E-state index in [1.807, 2.05) is 17.8 Å². The Morgan fingerprint density at radius 3 is 3.11 bits per heavy atom. The first kappa shape index (κ1) is 5.88. The molecule has 1 aromatic rings. The third kappa shape index (κ3) is 1.10. The first-order valence-corrected chi connectivity index (χ1v) is 2.69. The fourth-order valence-electron chi connectivity index (χ4n) is 0.596. The highest BCUT2D eigenvalue weighted by molar-refractivity contribution is 5.28. The van der Waals surface area contributed by atoms with Gasteiger partial charge in [0.25, 0.3) is 0 Å². The summed E-state index contributed by atoms with van der Waals surface area (Å²) >= 11 is 0. The minimum atomic E-state index is 0.810. The number of nitrogens with zero attached hydrogens (tertiary/aromatic N) is 2. The predicted molar refractivity (Wildman–Crippen MR) is 37.0 cm³/mol. The molecule has 0 unspecified atom stereocenters. The highest BCUT2D eigenvalue weighted by Gasteiger charge is 1.90. The zero-order valence-corrected chi connectivity index (χ0v) is 5.33. The van der Waals surface area contributed by atoms with E-state index in [0.29, 0.717) is 0 Å². The lowest BCUT2D eigenvalue weighted by molar-refractivity contribution is 0.924. The topological polar surface area (TPSA) is 29.9 Å². The molecule has 0 aliphatic heterocycles. The summed E-state index contributed by atoms with van der Waals surface area (Å²) < 4.78 is 1.88. The Labute approximate surface area is 54.0 Å². The van der Waals surface area contributed by atoms with Crippen LogP contribution in [0, 0.1) is 0 Å². The summed E-state index contributed by atoms with van der Waals surface area (Å²) in [5.41, 5.74) is 0. The number of hydrogen-bond acceptors (Lipinski definition) is 2. The summed E-state index contributed by atoms with van der Waals surface area (Å²) in [6.45, 7) is 3.51. The van der Waals surface area contributed by atoms with Gasteiger partial charge in [-0.2, -0.15) is 0 Å². The normalized spacial score (nSPS) is 9.00. The summed E-state index contributed by atoms with van der Waals surface area (Å²) in [7, 11) is 1.92. The van der Waals surface area contributed by atoms with E-state index in [1.54, 1.807) is 12.4 Å². The highest BCUT2D eigenvalue weighted by Crippen LogP contribution is 1.98. The van der Waals surface area contributed by atoms with E-state index in [4.69, 9.17) is 0 Å². The van der Waals surface area contributed by atoms with Crippen LogP contribution in [-0.4, -0.2) is 9.55 Å². The van der Waals surface area contributed by atoms with Crippen LogP contribution in [-0.2, 0) is 7.05 Å². The van der Waals surface area contributed by atoms with Crippen molar-refractivity contribution in [2.24, 2.45) is 7.05 Å². The SMILES string of the molecule is C=CNc1nccn1C. The smallest absolute Gasteiger partial charge is 0.206 e. The van der Waals surface area contributed by atoms with Crippen LogP contribution in [0.5, 0.6) is 0 Å². The molecule has 0 bridgehead atoms. The zero-order chi connectivity index (χ0) is 6.69. The molecule has 3 heteroatoms. The second-order valence-corrected chi connectivity index (χ2v) is 1.71. The lowest BCUT2D eigenvalue weighted by Crippen LogP contribution is -1.95. The summed E-state index contributed by atoms with van der Waals surface area (Å²) in [6.07, 6.45) is 5.19. The van der Waals surface area contributed by atoms with Crippen LogP contribution in [0.2, 0.25) is 0 Å². The van der Waals surface area contributed by atoms with Crippen molar-refractivity contribution in [3.8, 4) is 0 Å². The third-order valence-corrected chi connectivity index (χ3v) is 1.05. The number of anilines is 1. The van der Waals surface area contributed by atoms with E-state index in [9.17, 15) is 0 Å². The van der Waals surface area contributed by atoms with E-state index in [-0.39, 0.29) is 0 Å². The Morgan fingerprint density at radius 1 is 1.89 bits per heavy atom. The van der Waals surface area contributed by atoms with Gasteiger partial charge < -0.3 is 9.88 Å². The second kappa shape index (κ2) is 2.35. The molecule has 0 fully saturated rings. The van der Waals surface area contributed by atoms with Crippen molar-refractivity contribution in [1.29, 1.82) is 0 Å². The Kier molecular flexibility index (Phi) is 1.53. The van der Waals surface area contributed by atoms with Crippen LogP contribution in [0.4, 0.5) is 5.95 Å². The van der Waals surface area contributed by atoms with Gasteiger partial charge in [0.1, 0.15) is 0 Å². The Balaban J connectivity index is 2.80. The number of imidazole rings is 1. The lowest BCUT2D eigenvalue weighted by Gasteiger charge is -1.96. The van der Waals surface area contributed by atoms with Crippen molar-refractivity contribution in [1.82, 2.24) is 9.55 Å². The van der Waals surface area contributed by atoms with Crippen LogP contribution in [0.3, 0.4) is 0 Å². The number of aryl methyl sites for hydroxylation is 1. The molecule has 0 amide bonds. The molecule has 3 nitrogen and oxygen atoms in total. The molecule has 0 radical (unpaired) electrons. The van der Waals surface area contributed by atoms with E-state index in [2.05, 4.69) is 16.9 Å². The first-order chi connectivity index (χ1) is 4.34. The minimum Gasteiger partial charge on any atom is -0.333 e. The molecular weight excluding hydrogens is 114 g/mol. The number of aromatic nitrogens is 2. The zero-order valence-electron chi connectivity index (χ0n) is 5.33. The quantitative estimate of drug-likeness (QED) is 0.635. The fraction of sp³-hybridized carbons (Fsp3) is 0.167. The van der Waals surface area contributed by atoms with Gasteiger partial charge >= 0.3 is 0 Å². The van der Waals surface area contributed by atoms with E-state index in [1.165, 1.54) is 0 Å². The van der Waals surface area contributed by atoms with Crippen molar-refractivity contribution in [2.45, 2.75) is 0 Å². The van der Waals surface area contributed by atoms with Crippen molar-refractivity contribution < 1.29 is 0 Å². The molecule has 0 atom stereocenters. The number of hydrogen-bond donors (Lipinski definition) is 1. The maximum absolute atomic E-state index is 3.99. The van der Waals surface area contributed by atoms with E-state index >= 15 is 0 Å². The van der Waals surface area contributed by atoms with Crippen LogP contribution in [0.15, 0.2) is 25.2 Å². The average molecular weight is 123 g/mol. The molecule has 48 valence electrons. The summed E-state index contributed by atoms with van der Waals surface area (Å²) in [5, 5.41) is 2.87. The summed E-state index contributed by atoms with van der Waals surface area (Å²) in [4.78, 5) is 3.99. The van der Waals surface area contributed by atoms with Gasteiger partial charge in [-0.15, -0.1) is 0 Å². The van der Waals surface area contributed by atoms with E-state index < -0.39 is 0 Å². The Bertz CT molecular complexity index is 202. The van der Waals surface area contributed by atoms with Crippen LogP contribution in [0.1, 0.15) is 0 Å². The van der Waals surface area contributed by atoms with Crippen LogP contribution in [0.25, 0.3) is 0 Å². The van der Waals surface area contributed by atoms with Crippen LogP contribution < -0.4 is 5.32 Å². The number of rotatable bonds is 2. The maximum Gasteiger partial charge on any atom is 0.206 e. The third-order valence-electron chi connectivity index (χ3n) is 1.05. The molecule has 0 saturated carbocycles. The molecule has 1 heterocycles. The first-order valence-electron chi connectivity index (χ1n) is 2.69. The summed E-state index contributed by atoms with van der Waals surface area (Å²) in [6, 6.07) is 0. The van der Waals surface area contributed by atoms with Gasteiger partial charge in [0.15, 0.2) is 0 Å². The Morgan fingerprint density at radius 2 is 2.67 bits per heavy atom. The lowest BCUT2D eigenvalue weighted by atomic mass is 10.8. The van der Waals surface area contributed by atoms with E-state index in [0.717, 1.165) is 5.95 Å². The van der Waals surface area contributed by atoms with Gasteiger partial charge in [-0.1, -0.05) is 6.58 Å². The number of nitrogens with one attached hydrogen (secondary N) is 1. The van der Waals surface area contributed by atoms with Gasteiger partial charge in [-0.05, 0) is 6.20 Å². The molecule has 1 N–H and O–H groups in total. The van der Waals surface area contributed by atoms with Gasteiger partial charge in [-0.3, -0.25) is 0 Å². The molecule has 0 aliphatic carbocycles. The van der Waals surface area contributed by atoms with Crippen molar-refractivity contribution in [3.63, 3.8) is 0 Å². The van der Waals surface area contributed by atoms with Crippen molar-refractivity contribution in [2.75, 3.05) is 5.32 Å². The summed E-state index contributed by atoms with van der Waals surface area (Å²) in [5.74, 6) is 0.810. The predicted octanol–water partition coefficient (Wildman–Crippen LogP) is 0.975. The Hall–Kier alpha value is -1.25. The average Bonchev–Trinajstić information content (AvgIpc) is 2.18. The molecule has 0 spiro atoms. The standard InChI is InChI=1S/C6H9N3/c1-3-7-6-8-4-5-9(6)2/h3-5H,1H2,2H3,(H,7,8). The molecule has 9 heavy (non-hydrogen) atoms. The van der Waals surface area contributed by atoms with Crippen molar-refractivity contribution >= 4 is 5.95 Å². The second-order valence-electron chi connectivity index (χ2n) is 1.71. The van der Waals surface area contributed by atoms with Gasteiger partial charge in [0, 0.05) is 19.4 Å². The molecule has 0 aromatic carbocycles. The highest BCUT2D eigenvalue weighted by atomic mass is 15.2. The molecular formula is C6H9N3. The molecule has 1 rings (SSSR count). The maximum atomic E-state index is 3.99. The molecule has 0 saturated heterocycles. The molecule has 0 aliphatic rings. The minimum absolute atomic E-state index is 0.810. The van der Waals surface area contributed by atoms with Gasteiger partial charge in [0.2, 0.25) is 5.95 Å². The van der Waals surface area contributed by atoms with Gasteiger partial charge in [0.05, 0.1) is 0 Å². The molecule has 1 aromatic heterocycles. The van der Waals surface area contributed by atoms with Crippen molar-refractivity contribution in [3.05, 3.63) is 25.2 Å². The van der Waals surface area contributed by atoms with Crippen LogP contribution >= 0.6 is 0 Å². The van der Waals surface area contributed by atoms with Gasteiger partial charge in [-0.25, -0.2) is 4.98 Å². The monoisotopic (exact) mass is 123 g/mol. The fourth-order valence-corrected chi connectivity index (χ4v) is 0.596. The largest absolute Gasteiger partial charge is 0.333 e.